The Kier molecular flexibility index (Phi) is 2.58. The Morgan fingerprint density at radius 2 is 2.38 bits per heavy atom. The van der Waals surface area contributed by atoms with Crippen LogP contribution in [0.5, 0.6) is 0 Å². The molecule has 2 aromatic rings. The Morgan fingerprint density at radius 3 is 3.19 bits per heavy atom. The molecule has 1 aliphatic rings. The van der Waals surface area contributed by atoms with Gasteiger partial charge in [0.1, 0.15) is 5.01 Å². The van der Waals surface area contributed by atoms with Crippen molar-refractivity contribution in [2.45, 2.75) is 13.0 Å². The van der Waals surface area contributed by atoms with E-state index in [1.165, 1.54) is 31.2 Å². The molecular weight excluding hydrogens is 284 g/mol. The fraction of sp³-hybridized carbons (Fsp3) is 0.250. The molecule has 3 rings (SSSR count). The molecule has 1 N–H and O–H groups in total. The SMILES string of the molecule is CNCc1nc2c(s1)Cc1c(Br)cccc1-2. The number of thiazole rings is 1. The van der Waals surface area contributed by atoms with Gasteiger partial charge in [-0.15, -0.1) is 11.3 Å². The van der Waals surface area contributed by atoms with Crippen LogP contribution in [0.4, 0.5) is 0 Å². The fourth-order valence-electron chi connectivity index (χ4n) is 2.08. The largest absolute Gasteiger partial charge is 0.314 e. The Labute approximate surface area is 107 Å². The zero-order valence-electron chi connectivity index (χ0n) is 8.88. The quantitative estimate of drug-likeness (QED) is 0.785. The van der Waals surface area contributed by atoms with E-state index < -0.39 is 0 Å². The van der Waals surface area contributed by atoms with Crippen molar-refractivity contribution in [3.05, 3.63) is 38.1 Å². The van der Waals surface area contributed by atoms with Gasteiger partial charge in [-0.25, -0.2) is 4.98 Å². The second-order valence-corrected chi connectivity index (χ2v) is 5.87. The molecule has 1 heterocycles. The molecule has 0 spiro atoms. The molecule has 2 nitrogen and oxygen atoms in total. The highest BCUT2D eigenvalue weighted by atomic mass is 79.9. The Bertz CT molecular complexity index is 548. The zero-order chi connectivity index (χ0) is 11.1. The number of halogens is 1. The van der Waals surface area contributed by atoms with Crippen LogP contribution in [0.1, 0.15) is 15.4 Å². The van der Waals surface area contributed by atoms with Crippen molar-refractivity contribution in [3.63, 3.8) is 0 Å². The number of nitrogens with zero attached hydrogens (tertiary/aromatic N) is 1. The van der Waals surface area contributed by atoms with Gasteiger partial charge in [-0.05, 0) is 18.7 Å². The summed E-state index contributed by atoms with van der Waals surface area (Å²) in [7, 11) is 1.96. The fourth-order valence-corrected chi connectivity index (χ4v) is 3.69. The predicted molar refractivity (Wildman–Crippen MR) is 70.8 cm³/mol. The van der Waals surface area contributed by atoms with E-state index >= 15 is 0 Å². The van der Waals surface area contributed by atoms with Crippen LogP contribution in [0.2, 0.25) is 0 Å². The van der Waals surface area contributed by atoms with Gasteiger partial charge in [0.15, 0.2) is 0 Å². The van der Waals surface area contributed by atoms with Gasteiger partial charge in [-0.2, -0.15) is 0 Å². The smallest absolute Gasteiger partial charge is 0.107 e. The molecule has 0 radical (unpaired) electrons. The van der Waals surface area contributed by atoms with E-state index in [0.29, 0.717) is 0 Å². The first-order valence-corrected chi connectivity index (χ1v) is 6.81. The average Bonchev–Trinajstić information content (AvgIpc) is 2.77. The summed E-state index contributed by atoms with van der Waals surface area (Å²) in [5.41, 5.74) is 3.86. The van der Waals surface area contributed by atoms with Crippen LogP contribution in [-0.2, 0) is 13.0 Å². The molecule has 0 aliphatic heterocycles. The lowest BCUT2D eigenvalue weighted by molar-refractivity contribution is 0.811. The van der Waals surface area contributed by atoms with Gasteiger partial charge in [0, 0.05) is 27.9 Å². The average molecular weight is 295 g/mol. The molecule has 0 fully saturated rings. The lowest BCUT2D eigenvalue weighted by Crippen LogP contribution is -2.04. The summed E-state index contributed by atoms with van der Waals surface area (Å²) in [6.07, 6.45) is 1.02. The van der Waals surface area contributed by atoms with E-state index in [2.05, 4.69) is 39.4 Å². The predicted octanol–water partition coefficient (Wildman–Crippen LogP) is 3.20. The van der Waals surface area contributed by atoms with Gasteiger partial charge in [-0.3, -0.25) is 0 Å². The molecule has 0 saturated carbocycles. The molecule has 0 unspecified atom stereocenters. The number of fused-ring (bicyclic) bond motifs is 3. The maximum absolute atomic E-state index is 4.70. The third-order valence-corrected chi connectivity index (χ3v) is 4.58. The van der Waals surface area contributed by atoms with Gasteiger partial charge in [0.25, 0.3) is 0 Å². The van der Waals surface area contributed by atoms with Crippen LogP contribution in [0.15, 0.2) is 22.7 Å². The lowest BCUT2D eigenvalue weighted by atomic mass is 10.1. The van der Waals surface area contributed by atoms with Gasteiger partial charge in [0.2, 0.25) is 0 Å². The molecule has 4 heteroatoms. The van der Waals surface area contributed by atoms with E-state index in [1.54, 1.807) is 0 Å². The molecular formula is C12H11BrN2S. The number of aromatic nitrogens is 1. The number of hydrogen-bond donors (Lipinski definition) is 1. The minimum Gasteiger partial charge on any atom is -0.314 e. The van der Waals surface area contributed by atoms with Crippen molar-refractivity contribution < 1.29 is 0 Å². The molecule has 1 aromatic heterocycles. The standard InChI is InChI=1S/C12H11BrN2S/c1-14-6-11-15-12-7-3-2-4-9(13)8(7)5-10(12)16-11/h2-4,14H,5-6H2,1H3. The number of nitrogens with one attached hydrogen (secondary N) is 1. The Balaban J connectivity index is 2.10. The highest BCUT2D eigenvalue weighted by Gasteiger charge is 2.24. The molecule has 82 valence electrons. The first-order chi connectivity index (χ1) is 7.79. The van der Waals surface area contributed by atoms with Crippen LogP contribution in [0.3, 0.4) is 0 Å². The molecule has 1 aromatic carbocycles. The molecule has 0 amide bonds. The monoisotopic (exact) mass is 294 g/mol. The van der Waals surface area contributed by atoms with Crippen LogP contribution < -0.4 is 5.32 Å². The highest BCUT2D eigenvalue weighted by Crippen LogP contribution is 2.42. The Morgan fingerprint density at radius 1 is 1.50 bits per heavy atom. The van der Waals surface area contributed by atoms with Crippen LogP contribution in [0, 0.1) is 0 Å². The first-order valence-electron chi connectivity index (χ1n) is 5.20. The summed E-state index contributed by atoms with van der Waals surface area (Å²) in [6, 6.07) is 6.34. The molecule has 16 heavy (non-hydrogen) atoms. The van der Waals surface area contributed by atoms with Crippen LogP contribution >= 0.6 is 27.3 Å². The molecule has 1 aliphatic carbocycles. The second kappa shape index (κ2) is 3.95. The van der Waals surface area contributed by atoms with Gasteiger partial charge < -0.3 is 5.32 Å². The van der Waals surface area contributed by atoms with E-state index in [9.17, 15) is 0 Å². The van der Waals surface area contributed by atoms with Crippen molar-refractivity contribution in [2.75, 3.05) is 7.05 Å². The van der Waals surface area contributed by atoms with Crippen LogP contribution in [0.25, 0.3) is 11.3 Å². The Hall–Kier alpha value is -0.710. The van der Waals surface area contributed by atoms with E-state index in [4.69, 9.17) is 4.98 Å². The summed E-state index contributed by atoms with van der Waals surface area (Å²) in [4.78, 5) is 6.09. The highest BCUT2D eigenvalue weighted by molar-refractivity contribution is 9.10. The molecule has 0 bridgehead atoms. The van der Waals surface area contributed by atoms with E-state index in [0.717, 1.165) is 13.0 Å². The summed E-state index contributed by atoms with van der Waals surface area (Å²) in [5, 5.41) is 4.33. The summed E-state index contributed by atoms with van der Waals surface area (Å²) in [6.45, 7) is 0.862. The third kappa shape index (κ3) is 1.52. The first kappa shape index (κ1) is 10.4. The van der Waals surface area contributed by atoms with Crippen molar-refractivity contribution >= 4 is 27.3 Å². The summed E-state index contributed by atoms with van der Waals surface area (Å²) >= 11 is 5.42. The molecule has 0 saturated heterocycles. The normalized spacial score (nSPS) is 12.6. The number of benzene rings is 1. The number of rotatable bonds is 2. The maximum Gasteiger partial charge on any atom is 0.107 e. The van der Waals surface area contributed by atoms with Crippen molar-refractivity contribution in [1.29, 1.82) is 0 Å². The van der Waals surface area contributed by atoms with Crippen molar-refractivity contribution in [1.82, 2.24) is 10.3 Å². The van der Waals surface area contributed by atoms with Crippen molar-refractivity contribution in [2.24, 2.45) is 0 Å². The summed E-state index contributed by atoms with van der Waals surface area (Å²) < 4.78 is 1.20. The van der Waals surface area contributed by atoms with Crippen LogP contribution in [-0.4, -0.2) is 12.0 Å². The zero-order valence-corrected chi connectivity index (χ0v) is 11.3. The third-order valence-electron chi connectivity index (χ3n) is 2.78. The summed E-state index contributed by atoms with van der Waals surface area (Å²) in [5.74, 6) is 0. The minimum absolute atomic E-state index is 0.862. The minimum atomic E-state index is 0.862. The lowest BCUT2D eigenvalue weighted by Gasteiger charge is -2.01. The van der Waals surface area contributed by atoms with E-state index in [-0.39, 0.29) is 0 Å². The maximum atomic E-state index is 4.70. The van der Waals surface area contributed by atoms with Gasteiger partial charge in [0.05, 0.1) is 5.69 Å². The van der Waals surface area contributed by atoms with E-state index in [1.807, 2.05) is 18.4 Å². The topological polar surface area (TPSA) is 24.9 Å². The number of hydrogen-bond acceptors (Lipinski definition) is 3. The second-order valence-electron chi connectivity index (χ2n) is 3.85. The van der Waals surface area contributed by atoms with Crippen molar-refractivity contribution in [3.8, 4) is 11.3 Å². The van der Waals surface area contributed by atoms with Gasteiger partial charge >= 0.3 is 0 Å². The van der Waals surface area contributed by atoms with Gasteiger partial charge in [-0.1, -0.05) is 28.1 Å². The molecule has 0 atom stereocenters.